The van der Waals surface area contributed by atoms with Gasteiger partial charge in [-0.1, -0.05) is 18.0 Å². The fraction of sp³-hybridized carbons (Fsp3) is 0.800. The van der Waals surface area contributed by atoms with Crippen molar-refractivity contribution < 1.29 is 0 Å². The Kier molecular flexibility index (Phi) is 4.54. The van der Waals surface area contributed by atoms with Gasteiger partial charge in [0, 0.05) is 6.54 Å². The van der Waals surface area contributed by atoms with Crippen molar-refractivity contribution in [1.82, 2.24) is 20.1 Å². The van der Waals surface area contributed by atoms with Crippen molar-refractivity contribution in [2.24, 2.45) is 23.6 Å². The average molecular weight is 312 g/mol. The van der Waals surface area contributed by atoms with E-state index in [0.29, 0.717) is 5.92 Å². The van der Waals surface area contributed by atoms with Crippen molar-refractivity contribution in [3.63, 3.8) is 0 Å². The highest BCUT2D eigenvalue weighted by Crippen LogP contribution is 2.52. The molecule has 21 heavy (non-hydrogen) atoms. The number of likely N-dealkylation sites (N-methyl/N-ethyl adjacent to an activating group) is 1. The molecular formula is C15H26ClN5. The van der Waals surface area contributed by atoms with E-state index in [9.17, 15) is 0 Å². The Labute approximate surface area is 131 Å². The molecule has 2 fully saturated rings. The maximum atomic E-state index is 6.42. The standard InChI is InChI=1S/C15H26ClN5/c1-20(2)5-6-21-15(13(16)9-18-21)14(19-17)12-8-10-3-4-11(12)7-10/h9-12,14,19H,3-8,17H2,1-2H3. The third-order valence-electron chi connectivity index (χ3n) is 5.29. The first kappa shape index (κ1) is 15.3. The lowest BCUT2D eigenvalue weighted by Crippen LogP contribution is -2.38. The molecule has 0 saturated heterocycles. The zero-order valence-electron chi connectivity index (χ0n) is 12.9. The van der Waals surface area contributed by atoms with E-state index >= 15 is 0 Å². The van der Waals surface area contributed by atoms with Crippen molar-refractivity contribution in [2.75, 3.05) is 20.6 Å². The van der Waals surface area contributed by atoms with Gasteiger partial charge in [-0.2, -0.15) is 5.10 Å². The van der Waals surface area contributed by atoms with Crippen LogP contribution in [0.3, 0.4) is 0 Å². The Morgan fingerprint density at radius 2 is 2.29 bits per heavy atom. The summed E-state index contributed by atoms with van der Waals surface area (Å²) in [4.78, 5) is 2.15. The maximum absolute atomic E-state index is 6.42. The zero-order valence-corrected chi connectivity index (χ0v) is 13.7. The molecule has 0 aromatic carbocycles. The summed E-state index contributed by atoms with van der Waals surface area (Å²) in [7, 11) is 4.14. The predicted octanol–water partition coefficient (Wildman–Crippen LogP) is 2.04. The molecule has 2 bridgehead atoms. The molecule has 6 heteroatoms. The monoisotopic (exact) mass is 311 g/mol. The molecule has 0 spiro atoms. The Bertz CT molecular complexity index is 486. The first-order valence-electron chi connectivity index (χ1n) is 7.92. The van der Waals surface area contributed by atoms with Crippen LogP contribution in [-0.2, 0) is 6.54 Å². The summed E-state index contributed by atoms with van der Waals surface area (Å²) in [6.07, 6.45) is 7.13. The molecule has 2 aliphatic rings. The van der Waals surface area contributed by atoms with Crippen LogP contribution in [-0.4, -0.2) is 35.3 Å². The van der Waals surface area contributed by atoms with Gasteiger partial charge in [0.25, 0.3) is 0 Å². The van der Waals surface area contributed by atoms with Gasteiger partial charge < -0.3 is 4.90 Å². The highest BCUT2D eigenvalue weighted by atomic mass is 35.5. The van der Waals surface area contributed by atoms with Crippen LogP contribution in [0.1, 0.15) is 37.4 Å². The molecule has 0 amide bonds. The van der Waals surface area contributed by atoms with Crippen LogP contribution >= 0.6 is 11.6 Å². The van der Waals surface area contributed by atoms with E-state index in [1.807, 2.05) is 4.68 Å². The van der Waals surface area contributed by atoms with Crippen LogP contribution < -0.4 is 11.3 Å². The normalized spacial score (nSPS) is 29.5. The summed E-state index contributed by atoms with van der Waals surface area (Å²) in [5.74, 6) is 8.20. The van der Waals surface area contributed by atoms with Gasteiger partial charge in [0.05, 0.1) is 29.5 Å². The fourth-order valence-corrected chi connectivity index (χ4v) is 4.52. The highest BCUT2D eigenvalue weighted by molar-refractivity contribution is 6.31. The molecule has 4 unspecified atom stereocenters. The lowest BCUT2D eigenvalue weighted by atomic mass is 9.82. The van der Waals surface area contributed by atoms with Crippen molar-refractivity contribution in [3.05, 3.63) is 16.9 Å². The molecule has 1 aromatic heterocycles. The van der Waals surface area contributed by atoms with Crippen molar-refractivity contribution >= 4 is 11.6 Å². The summed E-state index contributed by atoms with van der Waals surface area (Å²) in [6, 6.07) is 0.123. The second-order valence-corrected chi connectivity index (χ2v) is 7.29. The first-order valence-corrected chi connectivity index (χ1v) is 8.30. The molecule has 5 nitrogen and oxygen atoms in total. The van der Waals surface area contributed by atoms with E-state index in [1.165, 1.54) is 25.7 Å². The largest absolute Gasteiger partial charge is 0.308 e. The van der Waals surface area contributed by atoms with E-state index < -0.39 is 0 Å². The van der Waals surface area contributed by atoms with Gasteiger partial charge in [-0.05, 0) is 51.1 Å². The first-order chi connectivity index (χ1) is 10.1. The summed E-state index contributed by atoms with van der Waals surface area (Å²) >= 11 is 6.42. The molecule has 2 aliphatic carbocycles. The highest BCUT2D eigenvalue weighted by Gasteiger charge is 2.44. The fourth-order valence-electron chi connectivity index (χ4n) is 4.26. The van der Waals surface area contributed by atoms with E-state index in [4.69, 9.17) is 17.4 Å². The molecule has 2 saturated carbocycles. The number of hydrogen-bond donors (Lipinski definition) is 2. The second kappa shape index (κ2) is 6.24. The lowest BCUT2D eigenvalue weighted by molar-refractivity contribution is 0.240. The number of nitrogens with zero attached hydrogens (tertiary/aromatic N) is 3. The lowest BCUT2D eigenvalue weighted by Gasteiger charge is -2.31. The van der Waals surface area contributed by atoms with Gasteiger partial charge >= 0.3 is 0 Å². The van der Waals surface area contributed by atoms with Gasteiger partial charge in [0.15, 0.2) is 0 Å². The zero-order chi connectivity index (χ0) is 15.0. The van der Waals surface area contributed by atoms with E-state index in [0.717, 1.165) is 35.6 Å². The molecule has 118 valence electrons. The Morgan fingerprint density at radius 1 is 1.48 bits per heavy atom. The van der Waals surface area contributed by atoms with Crippen LogP contribution in [0.2, 0.25) is 5.02 Å². The predicted molar refractivity (Wildman–Crippen MR) is 84.8 cm³/mol. The molecule has 0 aliphatic heterocycles. The van der Waals surface area contributed by atoms with Crippen LogP contribution in [0.25, 0.3) is 0 Å². The Balaban J connectivity index is 1.81. The Hall–Kier alpha value is -0.620. The van der Waals surface area contributed by atoms with Crippen LogP contribution in [0.15, 0.2) is 6.20 Å². The smallest absolute Gasteiger partial charge is 0.0834 e. The summed E-state index contributed by atoms with van der Waals surface area (Å²) in [6.45, 7) is 1.78. The molecule has 0 radical (unpaired) electrons. The minimum absolute atomic E-state index is 0.123. The van der Waals surface area contributed by atoms with Gasteiger partial charge in [0.2, 0.25) is 0 Å². The number of nitrogens with two attached hydrogens (primary N) is 1. The number of hydrazine groups is 1. The van der Waals surface area contributed by atoms with E-state index in [1.54, 1.807) is 6.20 Å². The molecule has 1 heterocycles. The molecule has 1 aromatic rings. The molecule has 4 atom stereocenters. The van der Waals surface area contributed by atoms with Gasteiger partial charge in [-0.25, -0.2) is 0 Å². The third-order valence-corrected chi connectivity index (χ3v) is 5.58. The minimum Gasteiger partial charge on any atom is -0.308 e. The summed E-state index contributed by atoms with van der Waals surface area (Å²) in [5.41, 5.74) is 4.11. The molecule has 3 rings (SSSR count). The van der Waals surface area contributed by atoms with Crippen LogP contribution in [0.4, 0.5) is 0 Å². The van der Waals surface area contributed by atoms with Crippen LogP contribution in [0, 0.1) is 17.8 Å². The summed E-state index contributed by atoms with van der Waals surface area (Å²) < 4.78 is 2.03. The van der Waals surface area contributed by atoms with Gasteiger partial charge in [-0.15, -0.1) is 0 Å². The van der Waals surface area contributed by atoms with Crippen molar-refractivity contribution in [3.8, 4) is 0 Å². The van der Waals surface area contributed by atoms with Crippen molar-refractivity contribution in [1.29, 1.82) is 0 Å². The third kappa shape index (κ3) is 2.97. The van der Waals surface area contributed by atoms with Gasteiger partial charge in [-0.3, -0.25) is 16.0 Å². The minimum atomic E-state index is 0.123. The number of hydrogen-bond acceptors (Lipinski definition) is 4. The average Bonchev–Trinajstić information content (AvgIpc) is 3.15. The number of nitrogens with one attached hydrogen (secondary N) is 1. The van der Waals surface area contributed by atoms with E-state index in [-0.39, 0.29) is 6.04 Å². The SMILES string of the molecule is CN(C)CCn1ncc(Cl)c1C(NN)C1CC2CCC1C2. The van der Waals surface area contributed by atoms with Crippen molar-refractivity contribution in [2.45, 2.75) is 38.3 Å². The Morgan fingerprint density at radius 3 is 2.86 bits per heavy atom. The van der Waals surface area contributed by atoms with Gasteiger partial charge in [0.1, 0.15) is 0 Å². The number of halogens is 1. The number of aromatic nitrogens is 2. The summed E-state index contributed by atoms with van der Waals surface area (Å²) in [5, 5.41) is 5.19. The van der Waals surface area contributed by atoms with Crippen LogP contribution in [0.5, 0.6) is 0 Å². The number of rotatable bonds is 6. The molecule has 3 N–H and O–H groups in total. The quantitative estimate of drug-likeness (QED) is 0.623. The number of fused-ring (bicyclic) bond motifs is 2. The molecular weight excluding hydrogens is 286 g/mol. The van der Waals surface area contributed by atoms with E-state index in [2.05, 4.69) is 29.5 Å². The maximum Gasteiger partial charge on any atom is 0.0834 e. The second-order valence-electron chi connectivity index (χ2n) is 6.89. The topological polar surface area (TPSA) is 59.1 Å².